The molecule has 1 aliphatic rings. The second-order valence-electron chi connectivity index (χ2n) is 10.4. The Morgan fingerprint density at radius 1 is 1.05 bits per heavy atom. The van der Waals surface area contributed by atoms with Crippen LogP contribution in [-0.2, 0) is 31.2 Å². The second kappa shape index (κ2) is 12.5. The molecule has 1 fully saturated rings. The number of fused-ring (bicyclic) bond motifs is 1. The molecule has 3 aromatic carbocycles. The van der Waals surface area contributed by atoms with Gasteiger partial charge < -0.3 is 20.5 Å². The van der Waals surface area contributed by atoms with E-state index in [1.807, 2.05) is 19.2 Å². The Bertz CT molecular complexity index is 1430. The average Bonchev–Trinajstić information content (AvgIpc) is 3.28. The number of anilines is 2. The monoisotopic (exact) mass is 636 g/mol. The van der Waals surface area contributed by atoms with Crippen molar-refractivity contribution in [2.45, 2.75) is 38.3 Å². The molecule has 0 radical (unpaired) electrons. The molecule has 1 amide bonds. The van der Waals surface area contributed by atoms with Crippen molar-refractivity contribution in [1.29, 1.82) is 0 Å². The van der Waals surface area contributed by atoms with Crippen LogP contribution in [-0.4, -0.2) is 53.1 Å². The minimum absolute atomic E-state index is 0.107. The normalized spacial score (nSPS) is 14.6. The first-order valence-electron chi connectivity index (χ1n) is 13.6. The van der Waals surface area contributed by atoms with Gasteiger partial charge in [0.25, 0.3) is 0 Å². The third-order valence-electron chi connectivity index (χ3n) is 7.79. The first-order valence-corrected chi connectivity index (χ1v) is 14.7. The molecular weight excluding hydrogens is 599 g/mol. The van der Waals surface area contributed by atoms with Crippen molar-refractivity contribution in [3.05, 3.63) is 87.3 Å². The first-order chi connectivity index (χ1) is 18.9. The van der Waals surface area contributed by atoms with Gasteiger partial charge in [-0.05, 0) is 83.3 Å². The summed E-state index contributed by atoms with van der Waals surface area (Å²) in [5.41, 5.74) is 12.2. The van der Waals surface area contributed by atoms with Crippen LogP contribution < -0.4 is 16.0 Å². The maximum absolute atomic E-state index is 13.2. The highest BCUT2D eigenvalue weighted by Gasteiger charge is 2.23. The van der Waals surface area contributed by atoms with Crippen LogP contribution in [0.2, 0.25) is 0 Å². The number of halogens is 1. The molecule has 5 rings (SSSR count). The van der Waals surface area contributed by atoms with E-state index in [9.17, 15) is 4.79 Å². The van der Waals surface area contributed by atoms with E-state index >= 15 is 0 Å². The van der Waals surface area contributed by atoms with E-state index in [-0.39, 0.29) is 5.91 Å². The number of para-hydroxylation sites is 1. The summed E-state index contributed by atoms with van der Waals surface area (Å²) in [5.74, 6) is 1.15. The van der Waals surface area contributed by atoms with Crippen LogP contribution in [0.15, 0.2) is 66.7 Å². The van der Waals surface area contributed by atoms with Crippen molar-refractivity contribution in [2.24, 2.45) is 12.8 Å². The van der Waals surface area contributed by atoms with E-state index in [1.54, 1.807) is 4.90 Å². The zero-order valence-corrected chi connectivity index (χ0v) is 24.9. The van der Waals surface area contributed by atoms with Crippen LogP contribution in [0.3, 0.4) is 0 Å². The molecule has 1 saturated heterocycles. The Labute approximate surface area is 244 Å². The summed E-state index contributed by atoms with van der Waals surface area (Å²) in [5, 5.41) is 3.67. The number of hydrogen-bond donors (Lipinski definition) is 2. The zero-order chi connectivity index (χ0) is 27.4. The van der Waals surface area contributed by atoms with Gasteiger partial charge in [-0.25, -0.2) is 4.98 Å². The van der Waals surface area contributed by atoms with Gasteiger partial charge in [0, 0.05) is 61.1 Å². The van der Waals surface area contributed by atoms with Crippen molar-refractivity contribution < 1.29 is 4.79 Å². The summed E-state index contributed by atoms with van der Waals surface area (Å²) in [7, 11) is 3.93. The largest absolute Gasteiger partial charge is 0.381 e. The third kappa shape index (κ3) is 6.62. The quantitative estimate of drug-likeness (QED) is 0.254. The molecule has 3 N–H and O–H groups in total. The number of aromatic nitrogens is 2. The number of rotatable bonds is 9. The lowest BCUT2D eigenvalue weighted by Gasteiger charge is -2.33. The molecule has 1 aliphatic heterocycles. The number of nitrogens with two attached hydrogens (primary N) is 1. The number of likely N-dealkylation sites (tertiary alicyclic amines) is 1. The molecule has 0 aliphatic carbocycles. The van der Waals surface area contributed by atoms with Crippen molar-refractivity contribution in [3.8, 4) is 0 Å². The van der Waals surface area contributed by atoms with Gasteiger partial charge in [0.15, 0.2) is 0 Å². The van der Waals surface area contributed by atoms with Gasteiger partial charge in [-0.3, -0.25) is 9.69 Å². The van der Waals surface area contributed by atoms with E-state index in [1.165, 1.54) is 14.8 Å². The smallest absolute Gasteiger partial charge is 0.240 e. The van der Waals surface area contributed by atoms with E-state index in [0.29, 0.717) is 19.1 Å². The molecule has 0 spiro atoms. The number of nitrogens with zero attached hydrogens (tertiary/aromatic N) is 4. The molecule has 1 aromatic heterocycles. The van der Waals surface area contributed by atoms with E-state index in [2.05, 4.69) is 99.0 Å². The Hall–Kier alpha value is -2.95. The third-order valence-corrected chi connectivity index (χ3v) is 8.73. The molecule has 0 saturated carbocycles. The lowest BCUT2D eigenvalue weighted by atomic mass is 10.0. The standard InChI is InChI=1S/C31H37IN6O/c1-36(31(39)21-38-17-15-24(16-18-38)34-27-6-4-3-5-26(27)32)25-12-13-29-28(19-25)35-30(37(29)2)14-11-22-7-9-23(20-33)10-8-22/h3-10,12-13,19,24,34H,11,14-18,20-21,33H2,1-2H3. The topological polar surface area (TPSA) is 79.4 Å². The number of hydrogen-bond acceptors (Lipinski definition) is 5. The highest BCUT2D eigenvalue weighted by molar-refractivity contribution is 14.1. The van der Waals surface area contributed by atoms with Crippen LogP contribution >= 0.6 is 22.6 Å². The minimum Gasteiger partial charge on any atom is -0.381 e. The predicted molar refractivity (Wildman–Crippen MR) is 168 cm³/mol. The molecular formula is C31H37IN6O. The van der Waals surface area contributed by atoms with Crippen molar-refractivity contribution in [2.75, 3.05) is 36.9 Å². The zero-order valence-electron chi connectivity index (χ0n) is 22.7. The fourth-order valence-electron chi connectivity index (χ4n) is 5.24. The first kappa shape index (κ1) is 27.6. The minimum atomic E-state index is 0.107. The maximum Gasteiger partial charge on any atom is 0.240 e. The van der Waals surface area contributed by atoms with Gasteiger partial charge in [-0.15, -0.1) is 0 Å². The summed E-state index contributed by atoms with van der Waals surface area (Å²) in [6.45, 7) is 2.82. The number of carbonyl (C=O) groups is 1. The fraction of sp³-hybridized carbons (Fsp3) is 0.355. The van der Waals surface area contributed by atoms with Gasteiger partial charge in [-0.2, -0.15) is 0 Å². The maximum atomic E-state index is 13.2. The Morgan fingerprint density at radius 2 is 1.77 bits per heavy atom. The number of benzene rings is 3. The number of likely N-dealkylation sites (N-methyl/N-ethyl adjacent to an activating group) is 1. The molecule has 0 unspecified atom stereocenters. The van der Waals surface area contributed by atoms with Crippen LogP contribution in [0, 0.1) is 3.57 Å². The summed E-state index contributed by atoms with van der Waals surface area (Å²) < 4.78 is 3.40. The summed E-state index contributed by atoms with van der Waals surface area (Å²) >= 11 is 2.37. The number of amides is 1. The summed E-state index contributed by atoms with van der Waals surface area (Å²) in [6, 6.07) is 23.4. The average molecular weight is 637 g/mol. The number of carbonyl (C=O) groups excluding carboxylic acids is 1. The van der Waals surface area contributed by atoms with Gasteiger partial charge >= 0.3 is 0 Å². The SMILES string of the molecule is CN(C(=O)CN1CCC(Nc2ccccc2I)CC1)c1ccc2c(c1)nc(CCc1ccc(CN)cc1)n2C. The van der Waals surface area contributed by atoms with Crippen LogP contribution in [0.5, 0.6) is 0 Å². The van der Waals surface area contributed by atoms with Crippen molar-refractivity contribution >= 4 is 50.9 Å². The van der Waals surface area contributed by atoms with Crippen LogP contribution in [0.1, 0.15) is 29.8 Å². The van der Waals surface area contributed by atoms with Gasteiger partial charge in [0.05, 0.1) is 17.6 Å². The molecule has 8 heteroatoms. The Balaban J connectivity index is 1.16. The van der Waals surface area contributed by atoms with Crippen molar-refractivity contribution in [3.63, 3.8) is 0 Å². The van der Waals surface area contributed by atoms with Gasteiger partial charge in [0.2, 0.25) is 5.91 Å². The van der Waals surface area contributed by atoms with Gasteiger partial charge in [0.1, 0.15) is 5.82 Å². The van der Waals surface area contributed by atoms with E-state index in [0.717, 1.165) is 66.9 Å². The Morgan fingerprint density at radius 3 is 2.49 bits per heavy atom. The highest BCUT2D eigenvalue weighted by Crippen LogP contribution is 2.24. The highest BCUT2D eigenvalue weighted by atomic mass is 127. The van der Waals surface area contributed by atoms with Crippen LogP contribution in [0.4, 0.5) is 11.4 Å². The fourth-order valence-corrected chi connectivity index (χ4v) is 5.79. The number of imidazole rings is 1. The molecule has 2 heterocycles. The number of aryl methyl sites for hydroxylation is 3. The predicted octanol–water partition coefficient (Wildman–Crippen LogP) is 4.96. The molecule has 7 nitrogen and oxygen atoms in total. The molecule has 204 valence electrons. The molecule has 39 heavy (non-hydrogen) atoms. The molecule has 0 bridgehead atoms. The molecule has 0 atom stereocenters. The van der Waals surface area contributed by atoms with Crippen LogP contribution in [0.25, 0.3) is 11.0 Å². The Kier molecular flexibility index (Phi) is 8.84. The number of nitrogens with one attached hydrogen (secondary N) is 1. The lowest BCUT2D eigenvalue weighted by molar-refractivity contribution is -0.119. The van der Waals surface area contributed by atoms with E-state index in [4.69, 9.17) is 10.7 Å². The second-order valence-corrected chi connectivity index (χ2v) is 11.6. The summed E-state index contributed by atoms with van der Waals surface area (Å²) in [6.07, 6.45) is 3.83. The van der Waals surface area contributed by atoms with E-state index < -0.39 is 0 Å². The van der Waals surface area contributed by atoms with Gasteiger partial charge in [-0.1, -0.05) is 36.4 Å². The lowest BCUT2D eigenvalue weighted by Crippen LogP contribution is -2.44. The summed E-state index contributed by atoms with van der Waals surface area (Å²) in [4.78, 5) is 22.1. The van der Waals surface area contributed by atoms with Crippen molar-refractivity contribution in [1.82, 2.24) is 14.5 Å². The molecule has 4 aromatic rings. The number of piperidine rings is 1.